The van der Waals surface area contributed by atoms with E-state index >= 15 is 0 Å². The van der Waals surface area contributed by atoms with Crippen molar-refractivity contribution in [2.45, 2.75) is 77.4 Å². The molecular weight excluding hydrogens is 294 g/mol. The van der Waals surface area contributed by atoms with E-state index in [-0.39, 0.29) is 5.91 Å². The maximum absolute atomic E-state index is 12.4. The van der Waals surface area contributed by atoms with Crippen molar-refractivity contribution in [1.29, 1.82) is 0 Å². The summed E-state index contributed by atoms with van der Waals surface area (Å²) in [7, 11) is 0. The fourth-order valence-electron chi connectivity index (χ4n) is 2.79. The van der Waals surface area contributed by atoms with Gasteiger partial charge in [0, 0.05) is 25.9 Å². The molecule has 6 heteroatoms. The number of nitrogens with one attached hydrogen (secondary N) is 1. The van der Waals surface area contributed by atoms with Gasteiger partial charge in [-0.3, -0.25) is 4.79 Å². The molecule has 134 valence electrons. The first kappa shape index (κ1) is 19.7. The molecule has 0 bridgehead atoms. The van der Waals surface area contributed by atoms with Crippen LogP contribution in [0.25, 0.3) is 0 Å². The standard InChI is InChI=1S/C17H33N3O3/c1-2-3-4-5-6-10-15(21)20-14-8-7-11-16(20)23-17(22)19-13-9-12-18/h16H,2-14,18H2,1H3,(H,19,22)/t16-/m0/s1. The topological polar surface area (TPSA) is 84.7 Å². The van der Waals surface area contributed by atoms with Crippen LogP contribution in [0, 0.1) is 0 Å². The van der Waals surface area contributed by atoms with Crippen LogP contribution in [0.4, 0.5) is 4.79 Å². The van der Waals surface area contributed by atoms with Gasteiger partial charge < -0.3 is 20.7 Å². The van der Waals surface area contributed by atoms with Gasteiger partial charge in [0.25, 0.3) is 0 Å². The zero-order valence-electron chi connectivity index (χ0n) is 14.5. The summed E-state index contributed by atoms with van der Waals surface area (Å²) in [6, 6.07) is 0. The Kier molecular flexibility index (Phi) is 10.4. The van der Waals surface area contributed by atoms with Crippen LogP contribution in [0.1, 0.15) is 71.1 Å². The minimum absolute atomic E-state index is 0.112. The monoisotopic (exact) mass is 327 g/mol. The first-order valence-corrected chi connectivity index (χ1v) is 9.13. The second kappa shape index (κ2) is 12.2. The van der Waals surface area contributed by atoms with E-state index in [1.807, 2.05) is 0 Å². The van der Waals surface area contributed by atoms with Crippen LogP contribution < -0.4 is 11.1 Å². The summed E-state index contributed by atoms with van der Waals surface area (Å²) >= 11 is 0. The predicted molar refractivity (Wildman–Crippen MR) is 90.9 cm³/mol. The maximum atomic E-state index is 12.4. The van der Waals surface area contributed by atoms with E-state index in [1.54, 1.807) is 4.90 Å². The normalized spacial score (nSPS) is 17.8. The molecule has 1 aliphatic rings. The number of nitrogens with two attached hydrogens (primary N) is 1. The van der Waals surface area contributed by atoms with Gasteiger partial charge in [-0.05, 0) is 32.2 Å². The number of carbonyl (C=O) groups is 2. The Morgan fingerprint density at radius 1 is 1.17 bits per heavy atom. The lowest BCUT2D eigenvalue weighted by Gasteiger charge is -2.35. The van der Waals surface area contributed by atoms with Gasteiger partial charge in [-0.1, -0.05) is 32.6 Å². The van der Waals surface area contributed by atoms with Crippen molar-refractivity contribution in [3.05, 3.63) is 0 Å². The van der Waals surface area contributed by atoms with Crippen molar-refractivity contribution in [3.8, 4) is 0 Å². The Morgan fingerprint density at radius 2 is 1.96 bits per heavy atom. The molecule has 0 aromatic heterocycles. The fraction of sp³-hybridized carbons (Fsp3) is 0.882. The van der Waals surface area contributed by atoms with E-state index in [0.29, 0.717) is 26.1 Å². The minimum atomic E-state index is -0.453. The number of rotatable bonds is 10. The van der Waals surface area contributed by atoms with Crippen molar-refractivity contribution in [1.82, 2.24) is 10.2 Å². The molecule has 3 N–H and O–H groups in total. The van der Waals surface area contributed by atoms with Crippen molar-refractivity contribution in [2.24, 2.45) is 5.73 Å². The minimum Gasteiger partial charge on any atom is -0.425 e. The van der Waals surface area contributed by atoms with E-state index < -0.39 is 12.3 Å². The van der Waals surface area contributed by atoms with Crippen molar-refractivity contribution in [2.75, 3.05) is 19.6 Å². The number of piperidine rings is 1. The zero-order chi connectivity index (χ0) is 16.9. The van der Waals surface area contributed by atoms with Gasteiger partial charge in [-0.15, -0.1) is 0 Å². The number of hydrogen-bond donors (Lipinski definition) is 2. The van der Waals surface area contributed by atoms with Gasteiger partial charge in [-0.25, -0.2) is 4.79 Å². The summed E-state index contributed by atoms with van der Waals surface area (Å²) in [6.45, 7) is 3.91. The lowest BCUT2D eigenvalue weighted by Crippen LogP contribution is -2.47. The Bertz CT molecular complexity index is 350. The number of carbonyl (C=O) groups excluding carboxylic acids is 2. The fourth-order valence-corrected chi connectivity index (χ4v) is 2.79. The average molecular weight is 327 g/mol. The molecule has 2 amide bonds. The highest BCUT2D eigenvalue weighted by atomic mass is 16.6. The highest BCUT2D eigenvalue weighted by Crippen LogP contribution is 2.20. The number of ether oxygens (including phenoxy) is 1. The second-order valence-electron chi connectivity index (χ2n) is 6.18. The first-order chi connectivity index (χ1) is 11.2. The van der Waals surface area contributed by atoms with Crippen LogP contribution >= 0.6 is 0 Å². The molecule has 0 spiro atoms. The Balaban J connectivity index is 2.34. The molecule has 1 atom stereocenters. The molecule has 1 aliphatic heterocycles. The number of likely N-dealkylation sites (tertiary alicyclic amines) is 1. The van der Waals surface area contributed by atoms with E-state index in [9.17, 15) is 9.59 Å². The van der Waals surface area contributed by atoms with E-state index in [1.165, 1.54) is 19.3 Å². The Hall–Kier alpha value is -1.30. The quantitative estimate of drug-likeness (QED) is 0.604. The molecule has 1 saturated heterocycles. The third-order valence-corrected chi connectivity index (χ3v) is 4.16. The highest BCUT2D eigenvalue weighted by molar-refractivity contribution is 5.77. The number of unbranched alkanes of at least 4 members (excludes halogenated alkanes) is 4. The SMILES string of the molecule is CCCCCCCC(=O)N1CCCC[C@@H]1OC(=O)NCCCN. The number of alkyl carbamates (subject to hydrolysis) is 1. The van der Waals surface area contributed by atoms with Crippen LogP contribution in [0.15, 0.2) is 0 Å². The summed E-state index contributed by atoms with van der Waals surface area (Å²) in [5, 5.41) is 2.68. The third kappa shape index (κ3) is 8.21. The van der Waals surface area contributed by atoms with Crippen LogP contribution in [0.5, 0.6) is 0 Å². The number of hydrogen-bond acceptors (Lipinski definition) is 4. The molecule has 0 unspecified atom stereocenters. The molecule has 0 radical (unpaired) electrons. The maximum Gasteiger partial charge on any atom is 0.409 e. The molecule has 0 aliphatic carbocycles. The Morgan fingerprint density at radius 3 is 2.70 bits per heavy atom. The van der Waals surface area contributed by atoms with Gasteiger partial charge in [0.05, 0.1) is 0 Å². The van der Waals surface area contributed by atoms with E-state index in [0.717, 1.165) is 38.5 Å². The molecular formula is C17H33N3O3. The lowest BCUT2D eigenvalue weighted by atomic mass is 10.1. The summed E-state index contributed by atoms with van der Waals surface area (Å²) in [5.74, 6) is 0.112. The third-order valence-electron chi connectivity index (χ3n) is 4.16. The van der Waals surface area contributed by atoms with E-state index in [4.69, 9.17) is 10.5 Å². The molecule has 1 fully saturated rings. The summed E-state index contributed by atoms with van der Waals surface area (Å²) < 4.78 is 5.43. The van der Waals surface area contributed by atoms with Gasteiger partial charge >= 0.3 is 6.09 Å². The second-order valence-corrected chi connectivity index (χ2v) is 6.18. The van der Waals surface area contributed by atoms with Crippen LogP contribution in [-0.2, 0) is 9.53 Å². The molecule has 1 heterocycles. The van der Waals surface area contributed by atoms with Gasteiger partial charge in [0.2, 0.25) is 5.91 Å². The lowest BCUT2D eigenvalue weighted by molar-refractivity contribution is -0.144. The molecule has 6 nitrogen and oxygen atoms in total. The molecule has 0 aromatic rings. The molecule has 0 saturated carbocycles. The number of amides is 2. The van der Waals surface area contributed by atoms with Gasteiger partial charge in [0.1, 0.15) is 0 Å². The van der Waals surface area contributed by atoms with Gasteiger partial charge in [-0.2, -0.15) is 0 Å². The zero-order valence-corrected chi connectivity index (χ0v) is 14.5. The largest absolute Gasteiger partial charge is 0.425 e. The summed E-state index contributed by atoms with van der Waals surface area (Å²) in [5.41, 5.74) is 5.39. The Labute approximate surface area is 140 Å². The van der Waals surface area contributed by atoms with E-state index in [2.05, 4.69) is 12.2 Å². The number of nitrogens with zero attached hydrogens (tertiary/aromatic N) is 1. The first-order valence-electron chi connectivity index (χ1n) is 9.13. The molecule has 0 aromatic carbocycles. The van der Waals surface area contributed by atoms with Crippen molar-refractivity contribution >= 4 is 12.0 Å². The smallest absolute Gasteiger partial charge is 0.409 e. The van der Waals surface area contributed by atoms with Crippen LogP contribution in [0.3, 0.4) is 0 Å². The van der Waals surface area contributed by atoms with Crippen molar-refractivity contribution in [3.63, 3.8) is 0 Å². The average Bonchev–Trinajstić information content (AvgIpc) is 2.55. The predicted octanol–water partition coefficient (Wildman–Crippen LogP) is 2.76. The van der Waals surface area contributed by atoms with Gasteiger partial charge in [0.15, 0.2) is 6.23 Å². The van der Waals surface area contributed by atoms with Crippen molar-refractivity contribution < 1.29 is 14.3 Å². The highest BCUT2D eigenvalue weighted by Gasteiger charge is 2.29. The summed E-state index contributed by atoms with van der Waals surface area (Å²) in [6.07, 6.45) is 8.75. The molecule has 1 rings (SSSR count). The van der Waals surface area contributed by atoms with Crippen LogP contribution in [0.2, 0.25) is 0 Å². The van der Waals surface area contributed by atoms with Crippen LogP contribution in [-0.4, -0.2) is 42.8 Å². The summed E-state index contributed by atoms with van der Waals surface area (Å²) in [4.78, 5) is 25.9. The molecule has 23 heavy (non-hydrogen) atoms.